The van der Waals surface area contributed by atoms with E-state index in [1.54, 1.807) is 0 Å². The second-order valence-electron chi connectivity index (χ2n) is 7.32. The van der Waals surface area contributed by atoms with Gasteiger partial charge in [0.15, 0.2) is 6.10 Å². The van der Waals surface area contributed by atoms with Crippen molar-refractivity contribution in [3.05, 3.63) is 0 Å². The highest BCUT2D eigenvalue weighted by Gasteiger charge is 2.24. The molecular weight excluding hydrogens is 398 g/mol. The van der Waals surface area contributed by atoms with Gasteiger partial charge in [-0.05, 0) is 31.6 Å². The Kier molecular flexibility index (Phi) is 15.9. The molecule has 8 nitrogen and oxygen atoms in total. The lowest BCUT2D eigenvalue weighted by Gasteiger charge is -2.19. The summed E-state index contributed by atoms with van der Waals surface area (Å²) in [5.41, 5.74) is 2.43. The molecule has 0 amide bonds. The molecule has 0 rings (SSSR count). The Morgan fingerprint density at radius 1 is 1.00 bits per heavy atom. The zero-order valence-electron chi connectivity index (χ0n) is 18.4. The van der Waals surface area contributed by atoms with Crippen LogP contribution in [0.25, 0.3) is 0 Å². The number of hydroxylamine groups is 1. The molecule has 0 saturated heterocycles. The maximum Gasteiger partial charge on any atom is 0.347 e. The average Bonchev–Trinajstić information content (AvgIpc) is 2.66. The number of sulfone groups is 1. The Bertz CT molecular complexity index is 551. The smallest absolute Gasteiger partial charge is 0.347 e. The van der Waals surface area contributed by atoms with Crippen molar-refractivity contribution in [3.8, 4) is 0 Å². The van der Waals surface area contributed by atoms with E-state index in [1.165, 1.54) is 0 Å². The zero-order chi connectivity index (χ0) is 22.1. The highest BCUT2D eigenvalue weighted by Crippen LogP contribution is 2.15. The van der Waals surface area contributed by atoms with E-state index in [0.29, 0.717) is 25.4 Å². The lowest BCUT2D eigenvalue weighted by atomic mass is 10.0. The van der Waals surface area contributed by atoms with Gasteiger partial charge in [0, 0.05) is 6.26 Å². The van der Waals surface area contributed by atoms with Gasteiger partial charge in [-0.3, -0.25) is 4.79 Å². The lowest BCUT2D eigenvalue weighted by Crippen LogP contribution is -2.34. The van der Waals surface area contributed by atoms with Crippen LogP contribution in [-0.2, 0) is 33.7 Å². The van der Waals surface area contributed by atoms with Gasteiger partial charge in [0.1, 0.15) is 16.4 Å². The number of ether oxygens (including phenoxy) is 2. The summed E-state index contributed by atoms with van der Waals surface area (Å²) in [6.45, 7) is 6.46. The number of carbonyl (C=O) groups excluding carboxylic acids is 2. The summed E-state index contributed by atoms with van der Waals surface area (Å²) in [6.07, 6.45) is 6.74. The highest BCUT2D eigenvalue weighted by molar-refractivity contribution is 7.90. The van der Waals surface area contributed by atoms with E-state index >= 15 is 0 Å². The monoisotopic (exact) mass is 437 g/mol. The first-order chi connectivity index (χ1) is 13.7. The van der Waals surface area contributed by atoms with Crippen LogP contribution in [0.3, 0.4) is 0 Å². The van der Waals surface area contributed by atoms with Crippen molar-refractivity contribution in [1.29, 1.82) is 0 Å². The van der Waals surface area contributed by atoms with Crippen LogP contribution in [0, 0.1) is 5.92 Å². The van der Waals surface area contributed by atoms with Crippen molar-refractivity contribution < 1.29 is 32.3 Å². The van der Waals surface area contributed by atoms with Gasteiger partial charge in [0.2, 0.25) is 0 Å². The van der Waals surface area contributed by atoms with Gasteiger partial charge in [-0.15, -0.1) is 0 Å². The SMILES string of the molecule is CCCCC(CC)COC(=O)C(CCCC)OC(=O)CNOCCCS(C)(=O)=O. The van der Waals surface area contributed by atoms with E-state index in [-0.39, 0.29) is 18.9 Å². The molecule has 0 aromatic heterocycles. The van der Waals surface area contributed by atoms with Gasteiger partial charge in [-0.25, -0.2) is 13.2 Å². The highest BCUT2D eigenvalue weighted by atomic mass is 32.2. The van der Waals surface area contributed by atoms with E-state index < -0.39 is 27.9 Å². The number of carbonyl (C=O) groups is 2. The van der Waals surface area contributed by atoms with Crippen LogP contribution in [0.1, 0.15) is 72.1 Å². The van der Waals surface area contributed by atoms with Crippen molar-refractivity contribution in [2.45, 2.75) is 78.2 Å². The first-order valence-corrected chi connectivity index (χ1v) is 12.7. The van der Waals surface area contributed by atoms with Crippen molar-refractivity contribution in [2.75, 3.05) is 31.8 Å². The van der Waals surface area contributed by atoms with Crippen molar-refractivity contribution >= 4 is 21.8 Å². The molecule has 0 aliphatic carbocycles. The Morgan fingerprint density at radius 2 is 1.66 bits per heavy atom. The van der Waals surface area contributed by atoms with Crippen LogP contribution in [-0.4, -0.2) is 58.2 Å². The number of esters is 2. The Balaban J connectivity index is 4.32. The molecular formula is C20H39NO7S. The molecule has 0 spiro atoms. The van der Waals surface area contributed by atoms with Crippen LogP contribution in [0.2, 0.25) is 0 Å². The molecule has 172 valence electrons. The number of nitrogens with one attached hydrogen (secondary N) is 1. The van der Waals surface area contributed by atoms with Gasteiger partial charge in [-0.2, -0.15) is 5.48 Å². The molecule has 0 aliphatic heterocycles. The molecule has 29 heavy (non-hydrogen) atoms. The Morgan fingerprint density at radius 3 is 2.24 bits per heavy atom. The van der Waals surface area contributed by atoms with Crippen LogP contribution < -0.4 is 5.48 Å². The quantitative estimate of drug-likeness (QED) is 0.198. The molecule has 1 N–H and O–H groups in total. The minimum Gasteiger partial charge on any atom is -0.463 e. The van der Waals surface area contributed by atoms with E-state index in [1.807, 2.05) is 6.92 Å². The summed E-state index contributed by atoms with van der Waals surface area (Å²) < 4.78 is 32.7. The fraction of sp³-hybridized carbons (Fsp3) is 0.900. The second kappa shape index (κ2) is 16.6. The molecule has 0 bridgehead atoms. The molecule has 0 aliphatic rings. The van der Waals surface area contributed by atoms with E-state index in [0.717, 1.165) is 44.8 Å². The fourth-order valence-corrected chi connectivity index (χ4v) is 3.22. The summed E-state index contributed by atoms with van der Waals surface area (Å²) in [5, 5.41) is 0. The maximum absolute atomic E-state index is 12.4. The molecule has 0 saturated carbocycles. The normalized spacial score (nSPS) is 13.7. The minimum atomic E-state index is -3.03. The average molecular weight is 438 g/mol. The van der Waals surface area contributed by atoms with Crippen molar-refractivity contribution in [2.24, 2.45) is 5.92 Å². The second-order valence-corrected chi connectivity index (χ2v) is 9.58. The molecule has 2 unspecified atom stereocenters. The summed E-state index contributed by atoms with van der Waals surface area (Å²) >= 11 is 0. The largest absolute Gasteiger partial charge is 0.463 e. The van der Waals surface area contributed by atoms with Gasteiger partial charge >= 0.3 is 11.9 Å². The van der Waals surface area contributed by atoms with E-state index in [9.17, 15) is 18.0 Å². The number of hydrogen-bond donors (Lipinski definition) is 1. The van der Waals surface area contributed by atoms with E-state index in [4.69, 9.17) is 14.3 Å². The predicted octanol–water partition coefficient (Wildman–Crippen LogP) is 2.80. The van der Waals surface area contributed by atoms with Crippen LogP contribution in [0.5, 0.6) is 0 Å². The molecule has 0 aromatic carbocycles. The van der Waals surface area contributed by atoms with Crippen LogP contribution in [0.4, 0.5) is 0 Å². The standard InChI is InChI=1S/C20H39NO7S/c1-5-8-11-17(7-3)16-26-20(23)18(12-9-6-2)28-19(22)15-21-27-13-10-14-29(4,24)25/h17-18,21H,5-16H2,1-4H3. The molecule has 0 heterocycles. The number of unbranched alkanes of at least 4 members (excludes halogenated alkanes) is 2. The summed E-state index contributed by atoms with van der Waals surface area (Å²) in [5.74, 6) is -0.787. The third-order valence-electron chi connectivity index (χ3n) is 4.44. The molecule has 0 aromatic rings. The lowest BCUT2D eigenvalue weighted by molar-refractivity contribution is -0.170. The molecule has 0 fully saturated rings. The van der Waals surface area contributed by atoms with Gasteiger partial charge < -0.3 is 14.3 Å². The fourth-order valence-electron chi connectivity index (χ4n) is 2.58. The van der Waals surface area contributed by atoms with Gasteiger partial charge in [-0.1, -0.05) is 46.5 Å². The summed E-state index contributed by atoms with van der Waals surface area (Å²) in [7, 11) is -3.03. The number of hydrogen-bond acceptors (Lipinski definition) is 8. The van der Waals surface area contributed by atoms with Crippen LogP contribution in [0.15, 0.2) is 0 Å². The maximum atomic E-state index is 12.4. The summed E-state index contributed by atoms with van der Waals surface area (Å²) in [6, 6.07) is 0. The molecule has 9 heteroatoms. The third-order valence-corrected chi connectivity index (χ3v) is 5.47. The topological polar surface area (TPSA) is 108 Å². The molecule has 0 radical (unpaired) electrons. The van der Waals surface area contributed by atoms with Gasteiger partial charge in [0.05, 0.1) is 19.0 Å². The van der Waals surface area contributed by atoms with Crippen molar-refractivity contribution in [3.63, 3.8) is 0 Å². The Hall–Kier alpha value is -1.19. The molecule has 2 atom stereocenters. The summed E-state index contributed by atoms with van der Waals surface area (Å²) in [4.78, 5) is 29.4. The first kappa shape index (κ1) is 27.8. The van der Waals surface area contributed by atoms with Gasteiger partial charge in [0.25, 0.3) is 0 Å². The number of rotatable bonds is 18. The Labute approximate surface area is 175 Å². The van der Waals surface area contributed by atoms with Crippen molar-refractivity contribution in [1.82, 2.24) is 5.48 Å². The third kappa shape index (κ3) is 16.3. The zero-order valence-corrected chi connectivity index (χ0v) is 19.2. The predicted molar refractivity (Wildman–Crippen MR) is 112 cm³/mol. The first-order valence-electron chi connectivity index (χ1n) is 10.6. The van der Waals surface area contributed by atoms with E-state index in [2.05, 4.69) is 19.3 Å². The van der Waals surface area contributed by atoms with Crippen LogP contribution >= 0.6 is 0 Å². The minimum absolute atomic E-state index is 0.0149.